The number of hydrogen-bond acceptors (Lipinski definition) is 10. The van der Waals surface area contributed by atoms with Crippen molar-refractivity contribution in [3.63, 3.8) is 0 Å². The zero-order chi connectivity index (χ0) is 22.5. The van der Waals surface area contributed by atoms with Crippen LogP contribution in [0.15, 0.2) is 11.6 Å². The van der Waals surface area contributed by atoms with E-state index in [-0.39, 0.29) is 0 Å². The van der Waals surface area contributed by atoms with E-state index in [4.69, 9.17) is 9.47 Å². The predicted octanol–water partition coefficient (Wildman–Crippen LogP) is -0.187. The summed E-state index contributed by atoms with van der Waals surface area (Å²) in [6, 6.07) is 0. The van der Waals surface area contributed by atoms with Gasteiger partial charge in [0.05, 0.1) is 40.8 Å². The highest BCUT2D eigenvalue weighted by Gasteiger charge is 2.66. The molecule has 1 saturated carbocycles. The van der Waals surface area contributed by atoms with Gasteiger partial charge in [0.15, 0.2) is 5.78 Å². The second kappa shape index (κ2) is 9.64. The van der Waals surface area contributed by atoms with E-state index in [2.05, 4.69) is 9.47 Å². The highest BCUT2D eigenvalue weighted by molar-refractivity contribution is 6.11. The summed E-state index contributed by atoms with van der Waals surface area (Å²) in [6.45, 7) is 3.30. The third kappa shape index (κ3) is 4.64. The lowest BCUT2D eigenvalue weighted by Gasteiger charge is -2.47. The molecule has 0 heterocycles. The van der Waals surface area contributed by atoms with Crippen LogP contribution in [0, 0.1) is 23.7 Å². The number of ether oxygens (including phenoxy) is 4. The maximum absolute atomic E-state index is 13.2. The predicted molar refractivity (Wildman–Crippen MR) is 96.0 cm³/mol. The molecule has 0 amide bonds. The molecule has 1 rings (SSSR count). The molecule has 0 aromatic carbocycles. The molecule has 5 atom stereocenters. The van der Waals surface area contributed by atoms with E-state index in [0.29, 0.717) is 5.57 Å². The molecule has 1 aliphatic rings. The summed E-state index contributed by atoms with van der Waals surface area (Å²) >= 11 is 0. The summed E-state index contributed by atoms with van der Waals surface area (Å²) in [4.78, 5) is 62.7. The maximum Gasteiger partial charge on any atom is 0.319 e. The first-order valence-corrected chi connectivity index (χ1v) is 8.71. The standard InChI is InChI=1S/C19H26O10/c1-9(2)7-10-12(16(22)27-4)15(21)14(18(24)29-6)19(25,8-11(20)26-3)13(10)17(23)28-5/h7,10,12-14,25H,8H2,1-6H3/t10-,12-,13-,14+,19+/m1/s1. The van der Waals surface area contributed by atoms with Crippen LogP contribution in [0.4, 0.5) is 0 Å². The van der Waals surface area contributed by atoms with Crippen LogP contribution in [0.5, 0.6) is 0 Å². The molecule has 10 nitrogen and oxygen atoms in total. The minimum atomic E-state index is -2.55. The minimum absolute atomic E-state index is 0.613. The first kappa shape index (κ1) is 24.3. The average molecular weight is 414 g/mol. The molecule has 0 unspecified atom stereocenters. The summed E-state index contributed by atoms with van der Waals surface area (Å²) < 4.78 is 18.7. The Labute approximate surface area is 168 Å². The first-order chi connectivity index (χ1) is 13.5. The van der Waals surface area contributed by atoms with Crippen LogP contribution in [0.3, 0.4) is 0 Å². The monoisotopic (exact) mass is 414 g/mol. The molecule has 0 radical (unpaired) electrons. The summed E-state index contributed by atoms with van der Waals surface area (Å²) in [5, 5.41) is 11.4. The summed E-state index contributed by atoms with van der Waals surface area (Å²) in [6.07, 6.45) is 0.548. The van der Waals surface area contributed by atoms with Crippen molar-refractivity contribution in [1.29, 1.82) is 0 Å². The van der Waals surface area contributed by atoms with Crippen LogP contribution < -0.4 is 0 Å². The summed E-state index contributed by atoms with van der Waals surface area (Å²) in [5.41, 5.74) is -1.94. The molecular weight excluding hydrogens is 388 g/mol. The smallest absolute Gasteiger partial charge is 0.319 e. The number of aliphatic hydroxyl groups is 1. The Bertz CT molecular complexity index is 721. The first-order valence-electron chi connectivity index (χ1n) is 8.71. The molecule has 1 fully saturated rings. The van der Waals surface area contributed by atoms with Gasteiger partial charge in [0.1, 0.15) is 17.4 Å². The lowest BCUT2D eigenvalue weighted by Crippen LogP contribution is -2.65. The van der Waals surface area contributed by atoms with Crippen LogP contribution in [-0.2, 0) is 42.9 Å². The summed E-state index contributed by atoms with van der Waals surface area (Å²) in [7, 11) is 4.10. The highest BCUT2D eigenvalue weighted by Crippen LogP contribution is 2.47. The van der Waals surface area contributed by atoms with Crippen molar-refractivity contribution in [1.82, 2.24) is 0 Å². The molecule has 1 aliphatic carbocycles. The van der Waals surface area contributed by atoms with Crippen molar-refractivity contribution in [2.75, 3.05) is 28.4 Å². The Hall–Kier alpha value is -2.75. The number of rotatable bonds is 6. The third-order valence-corrected chi connectivity index (χ3v) is 4.93. The van der Waals surface area contributed by atoms with E-state index in [9.17, 15) is 29.1 Å². The molecule has 0 aromatic rings. The van der Waals surface area contributed by atoms with Crippen LogP contribution in [-0.4, -0.2) is 68.8 Å². The van der Waals surface area contributed by atoms with E-state index in [0.717, 1.165) is 28.4 Å². The molecule has 0 bridgehead atoms. The van der Waals surface area contributed by atoms with Crippen LogP contribution in [0.25, 0.3) is 0 Å². The van der Waals surface area contributed by atoms with Crippen molar-refractivity contribution < 1.29 is 48.0 Å². The van der Waals surface area contributed by atoms with Crippen molar-refractivity contribution in [3.8, 4) is 0 Å². The Morgan fingerprint density at radius 2 is 1.45 bits per heavy atom. The molecule has 0 aromatic heterocycles. The quantitative estimate of drug-likeness (QED) is 0.269. The van der Waals surface area contributed by atoms with Gasteiger partial charge in [-0.15, -0.1) is 0 Å². The molecular formula is C19H26O10. The molecule has 162 valence electrons. The number of methoxy groups -OCH3 is 4. The van der Waals surface area contributed by atoms with Crippen molar-refractivity contribution in [2.45, 2.75) is 25.9 Å². The molecule has 0 spiro atoms. The van der Waals surface area contributed by atoms with Crippen LogP contribution >= 0.6 is 0 Å². The zero-order valence-corrected chi connectivity index (χ0v) is 17.2. The maximum atomic E-state index is 13.2. The third-order valence-electron chi connectivity index (χ3n) is 4.93. The summed E-state index contributed by atoms with van der Waals surface area (Å²) in [5.74, 6) is -11.7. The number of hydrogen-bond donors (Lipinski definition) is 1. The largest absolute Gasteiger partial charge is 0.469 e. The van der Waals surface area contributed by atoms with E-state index in [1.807, 2.05) is 0 Å². The fraction of sp³-hybridized carbons (Fsp3) is 0.632. The number of allylic oxidation sites excluding steroid dienone is 2. The van der Waals surface area contributed by atoms with Gasteiger partial charge in [-0.2, -0.15) is 0 Å². The second-order valence-electron chi connectivity index (χ2n) is 6.93. The van der Waals surface area contributed by atoms with Gasteiger partial charge in [0.25, 0.3) is 0 Å². The van der Waals surface area contributed by atoms with Gasteiger partial charge >= 0.3 is 23.9 Å². The number of carbonyl (C=O) groups is 5. The zero-order valence-electron chi connectivity index (χ0n) is 17.2. The van der Waals surface area contributed by atoms with Gasteiger partial charge < -0.3 is 24.1 Å². The number of carbonyl (C=O) groups excluding carboxylic acids is 5. The Morgan fingerprint density at radius 1 is 0.931 bits per heavy atom. The van der Waals surface area contributed by atoms with Gasteiger partial charge in [-0.1, -0.05) is 11.6 Å². The van der Waals surface area contributed by atoms with E-state index >= 15 is 0 Å². The minimum Gasteiger partial charge on any atom is -0.469 e. The van der Waals surface area contributed by atoms with E-state index in [1.165, 1.54) is 6.08 Å². The number of esters is 4. The van der Waals surface area contributed by atoms with Crippen molar-refractivity contribution in [2.24, 2.45) is 23.7 Å². The molecule has 10 heteroatoms. The van der Waals surface area contributed by atoms with Gasteiger partial charge in [-0.3, -0.25) is 24.0 Å². The SMILES string of the molecule is COC(=O)C[C@@]1(O)[C@H](C(=O)OC)C(=O)[C@H](C(=O)OC)[C@@H](C=C(C)C)[C@@H]1C(=O)OC. The fourth-order valence-electron chi connectivity index (χ4n) is 3.74. The van der Waals surface area contributed by atoms with Gasteiger partial charge in [0, 0.05) is 5.92 Å². The Balaban J connectivity index is 3.87. The van der Waals surface area contributed by atoms with Crippen molar-refractivity contribution >= 4 is 29.7 Å². The second-order valence-corrected chi connectivity index (χ2v) is 6.93. The van der Waals surface area contributed by atoms with Gasteiger partial charge in [0.2, 0.25) is 0 Å². The molecule has 0 saturated heterocycles. The topological polar surface area (TPSA) is 142 Å². The van der Waals surface area contributed by atoms with Gasteiger partial charge in [-0.25, -0.2) is 0 Å². The van der Waals surface area contributed by atoms with Crippen molar-refractivity contribution in [3.05, 3.63) is 11.6 Å². The lowest BCUT2D eigenvalue weighted by atomic mass is 9.57. The van der Waals surface area contributed by atoms with E-state index in [1.54, 1.807) is 13.8 Å². The van der Waals surface area contributed by atoms with Gasteiger partial charge in [-0.05, 0) is 13.8 Å². The molecule has 1 N–H and O–H groups in total. The number of ketones is 1. The number of Topliss-reactive ketones (excluding diaryl/α,β-unsaturated/α-hetero) is 1. The van der Waals surface area contributed by atoms with Crippen LogP contribution in [0.2, 0.25) is 0 Å². The van der Waals surface area contributed by atoms with E-state index < -0.39 is 65.4 Å². The van der Waals surface area contributed by atoms with Crippen LogP contribution in [0.1, 0.15) is 20.3 Å². The lowest BCUT2D eigenvalue weighted by molar-refractivity contribution is -0.194. The Morgan fingerprint density at radius 3 is 1.86 bits per heavy atom. The average Bonchev–Trinajstić information content (AvgIpc) is 2.66. The highest BCUT2D eigenvalue weighted by atomic mass is 16.5. The normalized spacial score (nSPS) is 28.7. The fourth-order valence-corrected chi connectivity index (χ4v) is 3.74. The Kier molecular flexibility index (Phi) is 8.07. The molecule has 29 heavy (non-hydrogen) atoms. The molecule has 0 aliphatic heterocycles.